The van der Waals surface area contributed by atoms with E-state index < -0.39 is 265 Å². The van der Waals surface area contributed by atoms with E-state index in [-0.39, 0.29) is 5.19 Å². The maximum absolute atomic E-state index is 10.8. The van der Waals surface area contributed by atoms with Crippen LogP contribution in [-0.2, 0) is 10.8 Å². The first-order valence-electron chi connectivity index (χ1n) is 33.4. The number of hydrogen-bond acceptors (Lipinski definition) is 0. The summed E-state index contributed by atoms with van der Waals surface area (Å²) in [5.74, 6) is 0. The lowest BCUT2D eigenvalue weighted by atomic mass is 9.63. The van der Waals surface area contributed by atoms with Crippen molar-refractivity contribution < 1.29 is 41.1 Å². The molecule has 1 aliphatic carbocycles. The lowest BCUT2D eigenvalue weighted by molar-refractivity contribution is 0.332. The van der Waals surface area contributed by atoms with Gasteiger partial charge < -0.3 is 4.57 Å². The molecule has 0 bridgehead atoms. The number of hydrogen-bond donors (Lipinski definition) is 0. The average molecular weight is 794 g/mol. The summed E-state index contributed by atoms with van der Waals surface area (Å²) in [6.45, 7) is 7.73. The van der Waals surface area contributed by atoms with Crippen molar-refractivity contribution in [2.45, 2.75) is 51.4 Å². The van der Waals surface area contributed by atoms with Crippen LogP contribution in [-0.4, -0.2) is 12.6 Å². The number of benzene rings is 8. The Morgan fingerprint density at radius 1 is 0.431 bits per heavy atom. The highest BCUT2D eigenvalue weighted by atomic mass is 28.3. The summed E-state index contributed by atoms with van der Waals surface area (Å²) >= 11 is 0. The third kappa shape index (κ3) is 5.89. The normalized spacial score (nSPS) is 21.9. The average Bonchev–Trinajstić information content (AvgIpc) is 1.15. The van der Waals surface area contributed by atoms with E-state index in [2.05, 4.69) is 0 Å². The summed E-state index contributed by atoms with van der Waals surface area (Å²) in [6.07, 6.45) is 1.17. The summed E-state index contributed by atoms with van der Waals surface area (Å²) < 4.78 is 280. The Bertz CT molecular complexity index is 4370. The Morgan fingerprint density at radius 3 is 1.41 bits per heavy atom. The van der Waals surface area contributed by atoms with Crippen LogP contribution in [0.15, 0.2) is 199 Å². The van der Waals surface area contributed by atoms with Gasteiger partial charge in [0.1, 0.15) is 0 Å². The predicted octanol–water partition coefficient (Wildman–Crippen LogP) is 11.8. The summed E-state index contributed by atoms with van der Waals surface area (Å²) in [5, 5.41) is -4.11. The number of aromatic nitrogens is 1. The quantitative estimate of drug-likeness (QED) is 0.112. The van der Waals surface area contributed by atoms with Crippen LogP contribution in [0.25, 0.3) is 49.7 Å². The van der Waals surface area contributed by atoms with E-state index in [1.807, 2.05) is 27.7 Å². The minimum absolute atomic E-state index is 0.154. The Labute approximate surface area is 386 Å². The first kappa shape index (κ1) is 16.2. The van der Waals surface area contributed by atoms with Crippen molar-refractivity contribution in [1.29, 1.82) is 0 Å². The van der Waals surface area contributed by atoms with Gasteiger partial charge in [-0.25, -0.2) is 0 Å². The molecular formula is C56H49NSi. The molecule has 0 atom stereocenters. The second-order valence-electron chi connectivity index (χ2n) is 15.3. The van der Waals surface area contributed by atoms with Crippen LogP contribution in [0.5, 0.6) is 0 Å². The molecule has 1 heterocycles. The molecule has 0 saturated carbocycles. The van der Waals surface area contributed by atoms with Crippen molar-refractivity contribution in [2.24, 2.45) is 0 Å². The summed E-state index contributed by atoms with van der Waals surface area (Å²) in [4.78, 5) is 0. The van der Waals surface area contributed by atoms with Crippen molar-refractivity contribution in [3.8, 4) is 27.9 Å². The largest absolute Gasteiger partial charge is 0.309 e. The molecule has 1 aliphatic rings. The monoisotopic (exact) mass is 794 g/mol. The second kappa shape index (κ2) is 14.0. The van der Waals surface area contributed by atoms with Crippen molar-refractivity contribution >= 4 is 50.6 Å². The van der Waals surface area contributed by atoms with Crippen molar-refractivity contribution in [1.82, 2.24) is 4.57 Å². The molecule has 0 aliphatic heterocycles. The summed E-state index contributed by atoms with van der Waals surface area (Å²) in [7, 11) is -5.89. The Hall–Kier alpha value is -6.22. The standard InChI is InChI=1S/C56H49NSi/c1-55(2)34-35-56(3,4)52-39-48(30-31-51(52)55)58(45-23-13-7-14-24-45,46-25-15-8-16-26-46)47-27-17-22-44(38-47)57-53-32-28-42(40-18-9-5-10-19-40)36-49(53)50-37-43(29-33-54(50)57)41-20-11-6-12-21-41/h5-33,36-39H,34-35H2,1-4H3/i5D,6D,7D,8D,9D,10D,11D,12D,13D,14D,15D,16D,17D,18D,19D,20D,21D,22D,23D,24D,25D,26D,27D,28D,29D,32D,33D,36D,37D,38D. The Morgan fingerprint density at radius 2 is 0.897 bits per heavy atom. The fraction of sp³-hybridized carbons (Fsp3) is 0.143. The molecule has 0 spiro atoms. The van der Waals surface area contributed by atoms with E-state index in [1.54, 1.807) is 12.1 Å². The van der Waals surface area contributed by atoms with E-state index in [0.717, 1.165) is 5.56 Å². The molecule has 0 amide bonds. The molecule has 1 aromatic heterocycles. The second-order valence-corrected chi connectivity index (χ2v) is 18.9. The SMILES string of the molecule is [2H]c1c([2H])c([2H])c(-c2c([2H])c([2H])c3c(c2[2H])c2c([2H])c(-c4c([2H])c([2H])c([2H])c([2H])c4[2H])c([2H])c([2H])c2n3-c2c([2H])c([2H])c([2H])c([Si](c3ccc4c(c3)C(C)(C)CCC4(C)C)(c3c([2H])c([2H])c([2H])c([2H])c3[2H])c3c([2H])c([2H])c([2H])c([2H])c3[2H])c2[2H])c([2H])c1[2H]. The van der Waals surface area contributed by atoms with Gasteiger partial charge in [-0.15, -0.1) is 0 Å². The van der Waals surface area contributed by atoms with E-state index in [4.69, 9.17) is 16.4 Å². The maximum Gasteiger partial charge on any atom is 0.179 e. The predicted molar refractivity (Wildman–Crippen MR) is 251 cm³/mol. The molecule has 0 saturated heterocycles. The van der Waals surface area contributed by atoms with Gasteiger partial charge >= 0.3 is 0 Å². The third-order valence-electron chi connectivity index (χ3n) is 11.0. The summed E-state index contributed by atoms with van der Waals surface area (Å²) in [5.41, 5.74) is -6.00. The first-order valence-corrected chi connectivity index (χ1v) is 20.4. The molecule has 0 N–H and O–H groups in total. The Balaban J connectivity index is 1.56. The van der Waals surface area contributed by atoms with Gasteiger partial charge in [-0.3, -0.25) is 0 Å². The van der Waals surface area contributed by atoms with Gasteiger partial charge in [-0.05, 0) is 114 Å². The zero-order chi connectivity index (χ0) is 65.6. The van der Waals surface area contributed by atoms with Gasteiger partial charge in [0.25, 0.3) is 0 Å². The fourth-order valence-corrected chi connectivity index (χ4v) is 11.8. The minimum atomic E-state index is -5.89. The van der Waals surface area contributed by atoms with Gasteiger partial charge in [0.05, 0.1) is 52.2 Å². The van der Waals surface area contributed by atoms with Crippen LogP contribution in [0.2, 0.25) is 0 Å². The van der Waals surface area contributed by atoms with Crippen LogP contribution in [0.1, 0.15) is 92.8 Å². The van der Waals surface area contributed by atoms with Gasteiger partial charge in [0, 0.05) is 16.5 Å². The zero-order valence-electron chi connectivity index (χ0n) is 61.6. The molecule has 1 nitrogen and oxygen atoms in total. The van der Waals surface area contributed by atoms with Gasteiger partial charge in [0.2, 0.25) is 0 Å². The lowest BCUT2D eigenvalue weighted by Gasteiger charge is -2.43. The molecule has 282 valence electrons. The van der Waals surface area contributed by atoms with Crippen LogP contribution in [0.3, 0.4) is 0 Å². The highest BCUT2D eigenvalue weighted by Crippen LogP contribution is 2.45. The molecule has 9 aromatic rings. The zero-order valence-corrected chi connectivity index (χ0v) is 32.6. The van der Waals surface area contributed by atoms with Crippen molar-refractivity contribution in [2.75, 3.05) is 0 Å². The minimum Gasteiger partial charge on any atom is -0.309 e. The van der Waals surface area contributed by atoms with Gasteiger partial charge in [0.15, 0.2) is 8.07 Å². The molecule has 0 radical (unpaired) electrons. The smallest absolute Gasteiger partial charge is 0.179 e. The number of fused-ring (bicyclic) bond motifs is 4. The van der Waals surface area contributed by atoms with Gasteiger partial charge in [-0.2, -0.15) is 0 Å². The number of rotatable bonds is 7. The van der Waals surface area contributed by atoms with Crippen LogP contribution < -0.4 is 20.7 Å². The Kier molecular flexibility index (Phi) is 3.91. The number of nitrogens with zero attached hydrogens (tertiary/aromatic N) is 1. The maximum atomic E-state index is 10.8. The van der Waals surface area contributed by atoms with Crippen LogP contribution in [0.4, 0.5) is 0 Å². The van der Waals surface area contributed by atoms with E-state index in [9.17, 15) is 24.7 Å². The molecule has 0 unspecified atom stereocenters. The summed E-state index contributed by atoms with van der Waals surface area (Å²) in [6, 6.07) is -25.9. The highest BCUT2D eigenvalue weighted by Gasteiger charge is 2.44. The molecule has 58 heavy (non-hydrogen) atoms. The van der Waals surface area contributed by atoms with Crippen LogP contribution in [0, 0.1) is 0 Å². The molecule has 10 rings (SSSR count). The van der Waals surface area contributed by atoms with Crippen molar-refractivity contribution in [3.63, 3.8) is 0 Å². The van der Waals surface area contributed by atoms with E-state index >= 15 is 0 Å². The third-order valence-corrected chi connectivity index (χ3v) is 15.2. The molecule has 0 fully saturated rings. The fourth-order valence-electron chi connectivity index (χ4n) is 7.97. The van der Waals surface area contributed by atoms with Crippen LogP contribution >= 0.6 is 0 Å². The molecule has 2 heteroatoms. The van der Waals surface area contributed by atoms with Gasteiger partial charge in [-0.1, -0.05) is 191 Å². The van der Waals surface area contributed by atoms with E-state index in [1.165, 1.54) is 6.07 Å². The van der Waals surface area contributed by atoms with E-state index in [0.29, 0.717) is 23.0 Å². The van der Waals surface area contributed by atoms with Crippen molar-refractivity contribution in [3.05, 3.63) is 211 Å². The topological polar surface area (TPSA) is 4.93 Å². The molecule has 8 aromatic carbocycles. The molecular weight excluding hydrogens is 715 g/mol. The first-order chi connectivity index (χ1) is 40.7. The lowest BCUT2D eigenvalue weighted by Crippen LogP contribution is -2.75. The highest BCUT2D eigenvalue weighted by molar-refractivity contribution is 7.19.